The van der Waals surface area contributed by atoms with Crippen LogP contribution in [0.25, 0.3) is 0 Å². The summed E-state index contributed by atoms with van der Waals surface area (Å²) in [6.07, 6.45) is 3.49. The van der Waals surface area contributed by atoms with E-state index in [1.165, 1.54) is 5.56 Å². The number of hydrogen-bond acceptors (Lipinski definition) is 3. The zero-order valence-corrected chi connectivity index (χ0v) is 16.9. The Hall–Kier alpha value is -1.85. The van der Waals surface area contributed by atoms with Gasteiger partial charge < -0.3 is 14.9 Å². The van der Waals surface area contributed by atoms with Gasteiger partial charge in [-0.25, -0.2) is 0 Å². The average molecular weight is 429 g/mol. The summed E-state index contributed by atoms with van der Waals surface area (Å²) in [5.41, 5.74) is 3.07. The van der Waals surface area contributed by atoms with Gasteiger partial charge >= 0.3 is 0 Å². The number of benzene rings is 2. The number of piperidine rings is 1. The number of halogens is 1. The molecule has 2 aromatic rings. The molecule has 0 saturated carbocycles. The van der Waals surface area contributed by atoms with Crippen LogP contribution in [0.15, 0.2) is 53.0 Å². The quantitative estimate of drug-likeness (QED) is 0.788. The second-order valence-corrected chi connectivity index (χ2v) is 8.39. The highest BCUT2D eigenvalue weighted by Crippen LogP contribution is 2.34. The number of aliphatic hydroxyl groups excluding tert-OH is 1. The lowest BCUT2D eigenvalue weighted by molar-refractivity contribution is 0.0735. The van der Waals surface area contributed by atoms with Gasteiger partial charge in [-0.15, -0.1) is 0 Å². The summed E-state index contributed by atoms with van der Waals surface area (Å²) in [6.45, 7) is 2.54. The zero-order chi connectivity index (χ0) is 18.8. The molecule has 2 saturated heterocycles. The van der Waals surface area contributed by atoms with Crippen molar-refractivity contribution in [3.05, 3.63) is 64.1 Å². The Morgan fingerprint density at radius 2 is 1.74 bits per heavy atom. The Kier molecular flexibility index (Phi) is 5.50. The molecule has 4 nitrogen and oxygen atoms in total. The van der Waals surface area contributed by atoms with Crippen molar-refractivity contribution in [2.75, 3.05) is 24.5 Å². The van der Waals surface area contributed by atoms with Crippen LogP contribution in [0.4, 0.5) is 5.69 Å². The third kappa shape index (κ3) is 4.04. The molecule has 4 rings (SSSR count). The van der Waals surface area contributed by atoms with Crippen molar-refractivity contribution in [2.45, 2.75) is 37.8 Å². The molecule has 2 aliphatic rings. The highest BCUT2D eigenvalue weighted by atomic mass is 79.9. The fourth-order valence-electron chi connectivity index (χ4n) is 4.17. The van der Waals surface area contributed by atoms with Gasteiger partial charge in [-0.3, -0.25) is 4.79 Å². The Balaban J connectivity index is 1.48. The van der Waals surface area contributed by atoms with Crippen LogP contribution < -0.4 is 4.90 Å². The van der Waals surface area contributed by atoms with E-state index in [2.05, 4.69) is 33.0 Å². The fourth-order valence-corrected chi connectivity index (χ4v) is 4.59. The highest BCUT2D eigenvalue weighted by Gasteiger charge is 2.30. The standard InChI is InChI=1S/C22H25BrN2O2/c23-18-4-1-3-17(15-18)21-5-2-12-25(21)22(27)16-6-8-19(9-7-16)24-13-10-20(26)11-14-24/h1,3-4,6-9,15,20-21,26H,2,5,10-14H2. The molecule has 2 heterocycles. The molecular formula is C22H25BrN2O2. The molecule has 1 amide bonds. The topological polar surface area (TPSA) is 43.8 Å². The monoisotopic (exact) mass is 428 g/mol. The van der Waals surface area contributed by atoms with E-state index in [1.54, 1.807) is 0 Å². The lowest BCUT2D eigenvalue weighted by Gasteiger charge is -2.31. The molecule has 0 aromatic heterocycles. The van der Waals surface area contributed by atoms with E-state index in [9.17, 15) is 9.90 Å². The van der Waals surface area contributed by atoms with Crippen LogP contribution in [0.1, 0.15) is 47.6 Å². The molecule has 1 unspecified atom stereocenters. The first-order valence-electron chi connectivity index (χ1n) is 9.71. The Bertz CT molecular complexity index is 800. The third-order valence-corrected chi connectivity index (χ3v) is 6.18. The summed E-state index contributed by atoms with van der Waals surface area (Å²) in [7, 11) is 0. The van der Waals surface area contributed by atoms with Gasteiger partial charge in [0.05, 0.1) is 12.1 Å². The van der Waals surface area contributed by atoms with Crippen LogP contribution in [-0.4, -0.2) is 41.7 Å². The van der Waals surface area contributed by atoms with E-state index >= 15 is 0 Å². The van der Waals surface area contributed by atoms with Crippen LogP contribution in [0.5, 0.6) is 0 Å². The first-order valence-corrected chi connectivity index (χ1v) is 10.5. The van der Waals surface area contributed by atoms with Crippen LogP contribution in [0.2, 0.25) is 0 Å². The van der Waals surface area contributed by atoms with Gasteiger partial charge in [-0.1, -0.05) is 28.1 Å². The molecule has 1 N–H and O–H groups in total. The predicted molar refractivity (Wildman–Crippen MR) is 111 cm³/mol. The number of carbonyl (C=O) groups excluding carboxylic acids is 1. The van der Waals surface area contributed by atoms with E-state index in [0.29, 0.717) is 0 Å². The second-order valence-electron chi connectivity index (χ2n) is 7.48. The van der Waals surface area contributed by atoms with Crippen LogP contribution in [-0.2, 0) is 0 Å². The molecule has 2 fully saturated rings. The molecule has 0 bridgehead atoms. The number of likely N-dealkylation sites (tertiary alicyclic amines) is 1. The summed E-state index contributed by atoms with van der Waals surface area (Å²) in [5, 5.41) is 9.67. The van der Waals surface area contributed by atoms with E-state index in [-0.39, 0.29) is 18.1 Å². The van der Waals surface area contributed by atoms with Crippen LogP contribution >= 0.6 is 15.9 Å². The SMILES string of the molecule is O=C(c1ccc(N2CCC(O)CC2)cc1)N1CCCC1c1cccc(Br)c1. The van der Waals surface area contributed by atoms with Crippen molar-refractivity contribution in [3.8, 4) is 0 Å². The number of hydrogen-bond donors (Lipinski definition) is 1. The third-order valence-electron chi connectivity index (χ3n) is 5.69. The van der Waals surface area contributed by atoms with Crippen molar-refractivity contribution in [3.63, 3.8) is 0 Å². The summed E-state index contributed by atoms with van der Waals surface area (Å²) in [5.74, 6) is 0.109. The van der Waals surface area contributed by atoms with Crippen molar-refractivity contribution in [2.24, 2.45) is 0 Å². The van der Waals surface area contributed by atoms with Crippen molar-refractivity contribution < 1.29 is 9.90 Å². The van der Waals surface area contributed by atoms with Crippen molar-refractivity contribution in [1.29, 1.82) is 0 Å². The first kappa shape index (κ1) is 18.5. The van der Waals surface area contributed by atoms with Crippen molar-refractivity contribution in [1.82, 2.24) is 4.90 Å². The van der Waals surface area contributed by atoms with Gasteiger partial charge in [0, 0.05) is 35.4 Å². The second kappa shape index (κ2) is 8.03. The lowest BCUT2D eigenvalue weighted by Crippen LogP contribution is -2.35. The number of amides is 1. The summed E-state index contributed by atoms with van der Waals surface area (Å²) in [6, 6.07) is 16.4. The minimum absolute atomic E-state index is 0.109. The Labute approximate surface area is 168 Å². The van der Waals surface area contributed by atoms with Crippen LogP contribution in [0.3, 0.4) is 0 Å². The van der Waals surface area contributed by atoms with E-state index in [1.807, 2.05) is 41.3 Å². The maximum atomic E-state index is 13.1. The maximum absolute atomic E-state index is 13.1. The first-order chi connectivity index (χ1) is 13.1. The van der Waals surface area contributed by atoms with Gasteiger partial charge in [-0.05, 0) is 67.6 Å². The molecule has 5 heteroatoms. The van der Waals surface area contributed by atoms with E-state index in [4.69, 9.17) is 0 Å². The number of nitrogens with zero attached hydrogens (tertiary/aromatic N) is 2. The molecular weight excluding hydrogens is 404 g/mol. The minimum atomic E-state index is -0.174. The molecule has 2 aromatic carbocycles. The normalized spacial score (nSPS) is 20.9. The van der Waals surface area contributed by atoms with Crippen molar-refractivity contribution >= 4 is 27.5 Å². The molecule has 2 aliphatic heterocycles. The highest BCUT2D eigenvalue weighted by molar-refractivity contribution is 9.10. The molecule has 0 aliphatic carbocycles. The molecule has 0 radical (unpaired) electrons. The Morgan fingerprint density at radius 3 is 2.44 bits per heavy atom. The molecule has 142 valence electrons. The smallest absolute Gasteiger partial charge is 0.254 e. The molecule has 0 spiro atoms. The number of carbonyl (C=O) groups is 1. The van der Waals surface area contributed by atoms with Gasteiger partial charge in [-0.2, -0.15) is 0 Å². The van der Waals surface area contributed by atoms with E-state index < -0.39 is 0 Å². The zero-order valence-electron chi connectivity index (χ0n) is 15.4. The largest absolute Gasteiger partial charge is 0.393 e. The summed E-state index contributed by atoms with van der Waals surface area (Å²) in [4.78, 5) is 17.4. The number of aliphatic hydroxyl groups is 1. The average Bonchev–Trinajstić information content (AvgIpc) is 3.18. The summed E-state index contributed by atoms with van der Waals surface area (Å²) < 4.78 is 1.05. The predicted octanol–water partition coefficient (Wildman–Crippen LogP) is 4.39. The van der Waals surface area contributed by atoms with E-state index in [0.717, 1.165) is 61.0 Å². The van der Waals surface area contributed by atoms with Crippen LogP contribution in [0, 0.1) is 0 Å². The molecule has 1 atom stereocenters. The Morgan fingerprint density at radius 1 is 1.00 bits per heavy atom. The van der Waals surface area contributed by atoms with Gasteiger partial charge in [0.25, 0.3) is 5.91 Å². The maximum Gasteiger partial charge on any atom is 0.254 e. The summed E-state index contributed by atoms with van der Waals surface area (Å²) >= 11 is 3.54. The molecule has 27 heavy (non-hydrogen) atoms. The van der Waals surface area contributed by atoms with Gasteiger partial charge in [0.1, 0.15) is 0 Å². The lowest BCUT2D eigenvalue weighted by atomic mass is 10.0. The fraction of sp³-hybridized carbons (Fsp3) is 0.409. The van der Waals surface area contributed by atoms with Gasteiger partial charge in [0.2, 0.25) is 0 Å². The number of anilines is 1. The minimum Gasteiger partial charge on any atom is -0.393 e. The number of rotatable bonds is 3. The van der Waals surface area contributed by atoms with Gasteiger partial charge in [0.15, 0.2) is 0 Å².